The maximum Gasteiger partial charge on any atom is 0.146 e. The standard InChI is InChI=1S/C10H13N3OS/c1-13-9-8(3-2-6-11-9)15(14)12-7-10(13)4-5-10/h2-3,6,12H,4-5,7H2,1H3. The average Bonchev–Trinajstić information content (AvgIpc) is 3.06. The monoisotopic (exact) mass is 223 g/mol. The van der Waals surface area contributed by atoms with E-state index in [1.807, 2.05) is 19.2 Å². The van der Waals surface area contributed by atoms with Crippen molar-refractivity contribution in [1.29, 1.82) is 0 Å². The number of rotatable bonds is 0. The van der Waals surface area contributed by atoms with E-state index in [1.54, 1.807) is 6.20 Å². The Hall–Kier alpha value is -0.940. The van der Waals surface area contributed by atoms with E-state index in [0.29, 0.717) is 0 Å². The van der Waals surface area contributed by atoms with Crippen molar-refractivity contribution in [3.8, 4) is 0 Å². The van der Waals surface area contributed by atoms with E-state index in [9.17, 15) is 4.21 Å². The zero-order valence-corrected chi connectivity index (χ0v) is 9.38. The highest BCUT2D eigenvalue weighted by molar-refractivity contribution is 7.83. The van der Waals surface area contributed by atoms with Crippen LogP contribution in [0.2, 0.25) is 0 Å². The molecule has 1 aliphatic carbocycles. The van der Waals surface area contributed by atoms with Crippen molar-refractivity contribution in [2.75, 3.05) is 18.5 Å². The molecule has 1 aromatic heterocycles. The molecule has 1 saturated carbocycles. The van der Waals surface area contributed by atoms with Crippen LogP contribution in [0.3, 0.4) is 0 Å². The Morgan fingerprint density at radius 3 is 3.13 bits per heavy atom. The molecule has 4 nitrogen and oxygen atoms in total. The summed E-state index contributed by atoms with van der Waals surface area (Å²) in [5.74, 6) is 0.860. The van der Waals surface area contributed by atoms with E-state index in [-0.39, 0.29) is 5.54 Å². The van der Waals surface area contributed by atoms with Crippen LogP contribution in [0.4, 0.5) is 5.82 Å². The molecule has 0 radical (unpaired) electrons. The fourth-order valence-electron chi connectivity index (χ4n) is 2.06. The first-order chi connectivity index (χ1) is 7.23. The molecule has 5 heteroatoms. The normalized spacial score (nSPS) is 27.3. The second-order valence-corrected chi connectivity index (χ2v) is 5.46. The minimum Gasteiger partial charge on any atom is -0.352 e. The van der Waals surface area contributed by atoms with Crippen LogP contribution in [-0.4, -0.2) is 28.3 Å². The van der Waals surface area contributed by atoms with E-state index in [0.717, 1.165) is 30.1 Å². The molecule has 0 saturated heterocycles. The van der Waals surface area contributed by atoms with E-state index in [4.69, 9.17) is 0 Å². The molecule has 2 heterocycles. The Balaban J connectivity index is 2.14. The van der Waals surface area contributed by atoms with Gasteiger partial charge in [-0.25, -0.2) is 13.9 Å². The second kappa shape index (κ2) is 3.02. The van der Waals surface area contributed by atoms with Gasteiger partial charge in [-0.05, 0) is 25.0 Å². The first kappa shape index (κ1) is 9.30. The third kappa shape index (κ3) is 1.30. The zero-order valence-electron chi connectivity index (χ0n) is 8.56. The van der Waals surface area contributed by atoms with Crippen molar-refractivity contribution < 1.29 is 4.21 Å². The highest BCUT2D eigenvalue weighted by Crippen LogP contribution is 2.44. The topological polar surface area (TPSA) is 45.2 Å². The molecule has 0 amide bonds. The lowest BCUT2D eigenvalue weighted by atomic mass is 10.2. The maximum absolute atomic E-state index is 11.9. The molecule has 80 valence electrons. The van der Waals surface area contributed by atoms with Crippen LogP contribution in [0.1, 0.15) is 12.8 Å². The molecule has 1 unspecified atom stereocenters. The molecule has 1 N–H and O–H groups in total. The second-order valence-electron chi connectivity index (χ2n) is 4.20. The predicted octanol–water partition coefficient (Wildman–Crippen LogP) is 0.676. The number of hydrogen-bond donors (Lipinski definition) is 1. The Labute approximate surface area is 91.3 Å². The third-order valence-electron chi connectivity index (χ3n) is 3.34. The van der Waals surface area contributed by atoms with E-state index >= 15 is 0 Å². The Morgan fingerprint density at radius 2 is 2.40 bits per heavy atom. The molecular formula is C10H13N3OS. The van der Waals surface area contributed by atoms with Gasteiger partial charge in [-0.3, -0.25) is 0 Å². The van der Waals surface area contributed by atoms with Crippen molar-refractivity contribution >= 4 is 16.8 Å². The van der Waals surface area contributed by atoms with Gasteiger partial charge in [0, 0.05) is 19.8 Å². The van der Waals surface area contributed by atoms with Crippen LogP contribution in [0.5, 0.6) is 0 Å². The number of nitrogens with zero attached hydrogens (tertiary/aromatic N) is 2. The Morgan fingerprint density at radius 1 is 1.60 bits per heavy atom. The number of fused-ring (bicyclic) bond motifs is 1. The van der Waals surface area contributed by atoms with Crippen molar-refractivity contribution in [3.05, 3.63) is 18.3 Å². The van der Waals surface area contributed by atoms with E-state index in [1.165, 1.54) is 0 Å². The number of hydrogen-bond acceptors (Lipinski definition) is 3. The van der Waals surface area contributed by atoms with Crippen molar-refractivity contribution in [2.45, 2.75) is 23.3 Å². The minimum absolute atomic E-state index is 0.162. The number of pyridine rings is 1. The summed E-state index contributed by atoms with van der Waals surface area (Å²) in [5.41, 5.74) is 0.162. The van der Waals surface area contributed by atoms with Crippen molar-refractivity contribution in [1.82, 2.24) is 9.71 Å². The summed E-state index contributed by atoms with van der Waals surface area (Å²) in [4.78, 5) is 7.32. The molecule has 2 aliphatic rings. The van der Waals surface area contributed by atoms with Gasteiger partial charge in [0.2, 0.25) is 0 Å². The molecular weight excluding hydrogens is 210 g/mol. The SMILES string of the molecule is CN1c2ncccc2S(=O)NCC12CC2. The third-order valence-corrected chi connectivity index (χ3v) is 4.46. The fourth-order valence-corrected chi connectivity index (χ4v) is 3.17. The number of likely N-dealkylation sites (N-methyl/N-ethyl adjacent to an activating group) is 1. The zero-order chi connectivity index (χ0) is 10.5. The number of nitrogens with one attached hydrogen (secondary N) is 1. The summed E-state index contributed by atoms with van der Waals surface area (Å²) in [6, 6.07) is 3.71. The molecule has 1 atom stereocenters. The molecule has 0 aromatic carbocycles. The Kier molecular flexibility index (Phi) is 1.87. The van der Waals surface area contributed by atoms with Crippen molar-refractivity contribution in [3.63, 3.8) is 0 Å². The molecule has 1 aliphatic heterocycles. The van der Waals surface area contributed by atoms with Crippen LogP contribution in [0, 0.1) is 0 Å². The highest BCUT2D eigenvalue weighted by atomic mass is 32.2. The Bertz CT molecular complexity index is 430. The summed E-state index contributed by atoms with van der Waals surface area (Å²) in [5, 5.41) is 0. The minimum atomic E-state index is -1.11. The van der Waals surface area contributed by atoms with Gasteiger partial charge in [-0.2, -0.15) is 0 Å². The van der Waals surface area contributed by atoms with Crippen LogP contribution in [0.25, 0.3) is 0 Å². The first-order valence-electron chi connectivity index (χ1n) is 5.07. The summed E-state index contributed by atoms with van der Waals surface area (Å²) in [6.45, 7) is 0.784. The van der Waals surface area contributed by atoms with Gasteiger partial charge in [0.15, 0.2) is 0 Å². The maximum atomic E-state index is 11.9. The van der Waals surface area contributed by atoms with Crippen LogP contribution < -0.4 is 9.62 Å². The lowest BCUT2D eigenvalue weighted by molar-refractivity contribution is 0.607. The van der Waals surface area contributed by atoms with Gasteiger partial charge in [-0.15, -0.1) is 0 Å². The summed E-state index contributed by atoms with van der Waals surface area (Å²) < 4.78 is 15.0. The van der Waals surface area contributed by atoms with Crippen LogP contribution in [0.15, 0.2) is 23.2 Å². The lowest BCUT2D eigenvalue weighted by Gasteiger charge is -2.26. The van der Waals surface area contributed by atoms with Gasteiger partial charge in [0.1, 0.15) is 16.8 Å². The quantitative estimate of drug-likeness (QED) is 0.703. The van der Waals surface area contributed by atoms with Gasteiger partial charge < -0.3 is 4.90 Å². The van der Waals surface area contributed by atoms with Crippen molar-refractivity contribution in [2.24, 2.45) is 0 Å². The molecule has 1 spiro atoms. The predicted molar refractivity (Wildman–Crippen MR) is 59.0 cm³/mol. The van der Waals surface area contributed by atoms with E-state index < -0.39 is 11.0 Å². The summed E-state index contributed by atoms with van der Waals surface area (Å²) in [7, 11) is 0.931. The highest BCUT2D eigenvalue weighted by Gasteiger charge is 2.49. The molecule has 15 heavy (non-hydrogen) atoms. The van der Waals surface area contributed by atoms with Crippen LogP contribution in [-0.2, 0) is 11.0 Å². The van der Waals surface area contributed by atoms with Gasteiger partial charge >= 0.3 is 0 Å². The van der Waals surface area contributed by atoms with Gasteiger partial charge in [0.05, 0.1) is 10.4 Å². The lowest BCUT2D eigenvalue weighted by Crippen LogP contribution is -2.40. The first-order valence-corrected chi connectivity index (χ1v) is 6.22. The van der Waals surface area contributed by atoms with Gasteiger partial charge in [-0.1, -0.05) is 0 Å². The fraction of sp³-hybridized carbons (Fsp3) is 0.500. The molecule has 3 rings (SSSR count). The summed E-state index contributed by atoms with van der Waals surface area (Å²) in [6.07, 6.45) is 4.07. The number of aromatic nitrogens is 1. The summed E-state index contributed by atoms with van der Waals surface area (Å²) >= 11 is 0. The number of anilines is 1. The van der Waals surface area contributed by atoms with Gasteiger partial charge in [0.25, 0.3) is 0 Å². The smallest absolute Gasteiger partial charge is 0.146 e. The average molecular weight is 223 g/mol. The molecule has 0 bridgehead atoms. The van der Waals surface area contributed by atoms with E-state index in [2.05, 4.69) is 14.6 Å². The molecule has 1 fully saturated rings. The van der Waals surface area contributed by atoms with Crippen LogP contribution >= 0.6 is 0 Å². The molecule has 1 aromatic rings. The largest absolute Gasteiger partial charge is 0.352 e.